The van der Waals surface area contributed by atoms with Crippen LogP contribution in [-0.2, 0) is 4.74 Å². The summed E-state index contributed by atoms with van der Waals surface area (Å²) in [7, 11) is 0. The van der Waals surface area contributed by atoms with Crippen molar-refractivity contribution >= 4 is 6.09 Å². The number of hydrogen-bond acceptors (Lipinski definition) is 4. The minimum absolute atomic E-state index is 0.0281. The van der Waals surface area contributed by atoms with Gasteiger partial charge in [0.15, 0.2) is 0 Å². The molecule has 104 valence electrons. The van der Waals surface area contributed by atoms with Crippen molar-refractivity contribution in [1.29, 1.82) is 0 Å². The van der Waals surface area contributed by atoms with E-state index in [0.717, 1.165) is 45.6 Å². The zero-order chi connectivity index (χ0) is 13.2. The van der Waals surface area contributed by atoms with Crippen molar-refractivity contribution in [2.75, 3.05) is 32.7 Å². The summed E-state index contributed by atoms with van der Waals surface area (Å²) in [5, 5.41) is 6.39. The monoisotopic (exact) mass is 255 g/mol. The van der Waals surface area contributed by atoms with Gasteiger partial charge in [0.25, 0.3) is 0 Å². The van der Waals surface area contributed by atoms with E-state index < -0.39 is 5.60 Å². The largest absolute Gasteiger partial charge is 0.444 e. The minimum Gasteiger partial charge on any atom is -0.444 e. The van der Waals surface area contributed by atoms with Crippen molar-refractivity contribution in [2.24, 2.45) is 0 Å². The number of nitrogens with zero attached hydrogens (tertiary/aromatic N) is 1. The topological polar surface area (TPSA) is 53.6 Å². The van der Waals surface area contributed by atoms with E-state index in [4.69, 9.17) is 4.74 Å². The fraction of sp³-hybridized carbons (Fsp3) is 0.923. The zero-order valence-corrected chi connectivity index (χ0v) is 11.7. The molecule has 0 aromatic carbocycles. The average Bonchev–Trinajstić information content (AvgIpc) is 2.95. The number of amides is 1. The second-order valence-electron chi connectivity index (χ2n) is 6.43. The normalized spacial score (nSPS) is 23.5. The number of carbonyl (C=O) groups is 1. The molecule has 1 heterocycles. The Hall–Kier alpha value is -0.810. The third kappa shape index (κ3) is 4.14. The van der Waals surface area contributed by atoms with Crippen LogP contribution in [-0.4, -0.2) is 54.9 Å². The summed E-state index contributed by atoms with van der Waals surface area (Å²) in [4.78, 5) is 14.2. The van der Waals surface area contributed by atoms with Crippen LogP contribution in [0.3, 0.4) is 0 Å². The van der Waals surface area contributed by atoms with Crippen LogP contribution in [0.25, 0.3) is 0 Å². The molecule has 1 saturated heterocycles. The molecule has 18 heavy (non-hydrogen) atoms. The van der Waals surface area contributed by atoms with Crippen molar-refractivity contribution in [1.82, 2.24) is 15.5 Å². The molecule has 2 N–H and O–H groups in total. The summed E-state index contributed by atoms with van der Waals surface area (Å²) >= 11 is 0. The van der Waals surface area contributed by atoms with E-state index in [1.807, 2.05) is 20.8 Å². The fourth-order valence-corrected chi connectivity index (χ4v) is 2.29. The van der Waals surface area contributed by atoms with Gasteiger partial charge in [-0.05, 0) is 33.6 Å². The SMILES string of the molecule is CC(C)(C)OC(=O)NC1(CN2CCNCC2)CC1. The summed E-state index contributed by atoms with van der Waals surface area (Å²) in [5.41, 5.74) is -0.450. The van der Waals surface area contributed by atoms with Crippen molar-refractivity contribution in [3.63, 3.8) is 0 Å². The molecular formula is C13H25N3O2. The van der Waals surface area contributed by atoms with Crippen LogP contribution >= 0.6 is 0 Å². The summed E-state index contributed by atoms with van der Waals surface area (Å²) in [5.74, 6) is 0. The summed E-state index contributed by atoms with van der Waals surface area (Å²) in [6.45, 7) is 10.8. The molecule has 2 fully saturated rings. The lowest BCUT2D eigenvalue weighted by molar-refractivity contribution is 0.0479. The van der Waals surface area contributed by atoms with E-state index in [1.165, 1.54) is 0 Å². The number of ether oxygens (including phenoxy) is 1. The van der Waals surface area contributed by atoms with Gasteiger partial charge >= 0.3 is 6.09 Å². The van der Waals surface area contributed by atoms with Gasteiger partial charge in [0, 0.05) is 32.7 Å². The number of hydrogen-bond donors (Lipinski definition) is 2. The van der Waals surface area contributed by atoms with Gasteiger partial charge in [-0.25, -0.2) is 4.79 Å². The number of rotatable bonds is 3. The van der Waals surface area contributed by atoms with Gasteiger partial charge < -0.3 is 15.4 Å². The minimum atomic E-state index is -0.421. The molecule has 0 atom stereocenters. The third-order valence-corrected chi connectivity index (χ3v) is 3.36. The highest BCUT2D eigenvalue weighted by atomic mass is 16.6. The molecule has 1 aliphatic carbocycles. The van der Waals surface area contributed by atoms with Crippen molar-refractivity contribution in [3.05, 3.63) is 0 Å². The van der Waals surface area contributed by atoms with Crippen LogP contribution in [0, 0.1) is 0 Å². The highest BCUT2D eigenvalue weighted by molar-refractivity contribution is 5.69. The molecule has 0 aromatic rings. The van der Waals surface area contributed by atoms with Gasteiger partial charge in [-0.3, -0.25) is 4.90 Å². The summed E-state index contributed by atoms with van der Waals surface area (Å²) in [6, 6.07) is 0. The van der Waals surface area contributed by atoms with Gasteiger partial charge in [-0.2, -0.15) is 0 Å². The quantitative estimate of drug-likeness (QED) is 0.788. The van der Waals surface area contributed by atoms with Crippen LogP contribution in [0.15, 0.2) is 0 Å². The van der Waals surface area contributed by atoms with Gasteiger partial charge in [0.05, 0.1) is 5.54 Å². The molecule has 1 amide bonds. The molecule has 2 rings (SSSR count). The van der Waals surface area contributed by atoms with Crippen molar-refractivity contribution in [3.8, 4) is 0 Å². The molecule has 5 nitrogen and oxygen atoms in total. The lowest BCUT2D eigenvalue weighted by Crippen LogP contribution is -2.52. The van der Waals surface area contributed by atoms with E-state index in [1.54, 1.807) is 0 Å². The standard InChI is InChI=1S/C13H25N3O2/c1-12(2,3)18-11(17)15-13(4-5-13)10-16-8-6-14-7-9-16/h14H,4-10H2,1-3H3,(H,15,17). The van der Waals surface area contributed by atoms with E-state index >= 15 is 0 Å². The highest BCUT2D eigenvalue weighted by Gasteiger charge is 2.46. The molecule has 0 bridgehead atoms. The molecule has 0 unspecified atom stereocenters. The molecule has 0 radical (unpaired) electrons. The Morgan fingerprint density at radius 2 is 1.94 bits per heavy atom. The number of carbonyl (C=O) groups excluding carboxylic acids is 1. The molecule has 0 spiro atoms. The molecule has 1 aliphatic heterocycles. The smallest absolute Gasteiger partial charge is 0.408 e. The van der Waals surface area contributed by atoms with Crippen LogP contribution in [0.1, 0.15) is 33.6 Å². The average molecular weight is 255 g/mol. The maximum atomic E-state index is 11.8. The Morgan fingerprint density at radius 1 is 1.33 bits per heavy atom. The van der Waals surface area contributed by atoms with Crippen LogP contribution in [0.4, 0.5) is 4.79 Å². The zero-order valence-electron chi connectivity index (χ0n) is 11.7. The van der Waals surface area contributed by atoms with Crippen LogP contribution < -0.4 is 10.6 Å². The highest BCUT2D eigenvalue weighted by Crippen LogP contribution is 2.36. The fourth-order valence-electron chi connectivity index (χ4n) is 2.29. The summed E-state index contributed by atoms with van der Waals surface area (Å²) in [6.07, 6.45) is 1.85. The third-order valence-electron chi connectivity index (χ3n) is 3.36. The molecule has 5 heteroatoms. The number of piperazine rings is 1. The van der Waals surface area contributed by atoms with Gasteiger partial charge in [-0.1, -0.05) is 0 Å². The Kier molecular flexibility index (Phi) is 3.82. The Labute approximate surface area is 109 Å². The Bertz CT molecular complexity index is 302. The van der Waals surface area contributed by atoms with Gasteiger partial charge in [0.1, 0.15) is 5.60 Å². The maximum absolute atomic E-state index is 11.8. The van der Waals surface area contributed by atoms with Crippen molar-refractivity contribution in [2.45, 2.75) is 44.8 Å². The van der Waals surface area contributed by atoms with E-state index in [-0.39, 0.29) is 11.6 Å². The first-order chi connectivity index (χ1) is 8.39. The van der Waals surface area contributed by atoms with Crippen LogP contribution in [0.5, 0.6) is 0 Å². The predicted octanol–water partition coefficient (Wildman–Crippen LogP) is 0.949. The molecule has 0 aromatic heterocycles. The van der Waals surface area contributed by atoms with Gasteiger partial charge in [0.2, 0.25) is 0 Å². The van der Waals surface area contributed by atoms with Crippen LogP contribution in [0.2, 0.25) is 0 Å². The van der Waals surface area contributed by atoms with E-state index in [9.17, 15) is 4.79 Å². The van der Waals surface area contributed by atoms with E-state index in [0.29, 0.717) is 0 Å². The number of alkyl carbamates (subject to hydrolysis) is 1. The predicted molar refractivity (Wildman–Crippen MR) is 70.6 cm³/mol. The number of nitrogens with one attached hydrogen (secondary N) is 2. The van der Waals surface area contributed by atoms with E-state index in [2.05, 4.69) is 15.5 Å². The van der Waals surface area contributed by atoms with Gasteiger partial charge in [-0.15, -0.1) is 0 Å². The lowest BCUT2D eigenvalue weighted by atomic mass is 10.2. The lowest BCUT2D eigenvalue weighted by Gasteiger charge is -2.31. The first-order valence-electron chi connectivity index (χ1n) is 6.83. The molecular weight excluding hydrogens is 230 g/mol. The summed E-state index contributed by atoms with van der Waals surface area (Å²) < 4.78 is 5.32. The Morgan fingerprint density at radius 3 is 2.44 bits per heavy atom. The second-order valence-corrected chi connectivity index (χ2v) is 6.43. The molecule has 1 saturated carbocycles. The first-order valence-corrected chi connectivity index (χ1v) is 6.83. The maximum Gasteiger partial charge on any atom is 0.408 e. The first kappa shape index (κ1) is 13.6. The van der Waals surface area contributed by atoms with Crippen molar-refractivity contribution < 1.29 is 9.53 Å². The molecule has 2 aliphatic rings. The Balaban J connectivity index is 1.79. The second kappa shape index (κ2) is 5.05.